The first kappa shape index (κ1) is 18.8. The quantitative estimate of drug-likeness (QED) is 0.814. The van der Waals surface area contributed by atoms with Gasteiger partial charge < -0.3 is 14.5 Å². The van der Waals surface area contributed by atoms with Crippen LogP contribution in [0.5, 0.6) is 0 Å². The van der Waals surface area contributed by atoms with Crippen LogP contribution in [0.25, 0.3) is 0 Å². The van der Waals surface area contributed by atoms with Gasteiger partial charge >= 0.3 is 0 Å². The maximum Gasteiger partial charge on any atom is 0.251 e. The van der Waals surface area contributed by atoms with E-state index in [1.54, 1.807) is 26.4 Å². The van der Waals surface area contributed by atoms with Crippen LogP contribution in [0.4, 0.5) is 0 Å². The molecule has 0 unspecified atom stereocenters. The minimum absolute atomic E-state index is 0.0565. The van der Waals surface area contributed by atoms with Crippen molar-refractivity contribution in [1.29, 1.82) is 0 Å². The minimum Gasteiger partial charge on any atom is -0.372 e. The molecular weight excluding hydrogens is 332 g/mol. The third-order valence-electron chi connectivity index (χ3n) is 5.77. The van der Waals surface area contributed by atoms with E-state index in [2.05, 4.69) is 9.97 Å². The van der Waals surface area contributed by atoms with Gasteiger partial charge in [-0.2, -0.15) is 0 Å². The zero-order valence-corrected chi connectivity index (χ0v) is 15.9. The summed E-state index contributed by atoms with van der Waals surface area (Å²) in [4.78, 5) is 37.2. The van der Waals surface area contributed by atoms with Gasteiger partial charge in [-0.15, -0.1) is 0 Å². The summed E-state index contributed by atoms with van der Waals surface area (Å²) in [5.74, 6) is 0.241. The van der Waals surface area contributed by atoms with Gasteiger partial charge in [-0.25, -0.2) is 0 Å². The molecule has 2 aliphatic rings. The second-order valence-electron chi connectivity index (χ2n) is 7.60. The van der Waals surface area contributed by atoms with E-state index >= 15 is 0 Å². The number of methoxy groups -OCH3 is 1. The van der Waals surface area contributed by atoms with Crippen LogP contribution in [0.1, 0.15) is 44.0 Å². The second-order valence-corrected chi connectivity index (χ2v) is 7.60. The fourth-order valence-corrected chi connectivity index (χ4v) is 3.91. The van der Waals surface area contributed by atoms with Crippen molar-refractivity contribution in [3.63, 3.8) is 0 Å². The molecule has 1 aromatic heterocycles. The fourth-order valence-electron chi connectivity index (χ4n) is 3.91. The number of hydrogen-bond donors (Lipinski definition) is 0. The molecule has 1 atom stereocenters. The number of piperidine rings is 2. The molecule has 2 amide bonds. The molecule has 3 rings (SSSR count). The number of rotatable bonds is 4. The number of amides is 2. The number of nitrogens with zero attached hydrogens (tertiary/aromatic N) is 4. The highest BCUT2D eigenvalue weighted by Crippen LogP contribution is 2.40. The van der Waals surface area contributed by atoms with E-state index in [9.17, 15) is 9.59 Å². The van der Waals surface area contributed by atoms with Crippen LogP contribution in [0.3, 0.4) is 0 Å². The topological polar surface area (TPSA) is 75.6 Å². The Morgan fingerprint density at radius 1 is 1.27 bits per heavy atom. The first-order chi connectivity index (χ1) is 12.4. The Kier molecular flexibility index (Phi) is 5.55. The van der Waals surface area contributed by atoms with Crippen LogP contribution in [0.15, 0.2) is 12.4 Å². The molecular formula is C19H28N4O3. The Balaban J connectivity index is 1.62. The number of aromatic nitrogens is 2. The molecule has 26 heavy (non-hydrogen) atoms. The molecule has 0 radical (unpaired) electrons. The van der Waals surface area contributed by atoms with E-state index in [4.69, 9.17) is 4.74 Å². The molecule has 0 aromatic carbocycles. The first-order valence-corrected chi connectivity index (χ1v) is 9.29. The molecule has 2 fully saturated rings. The van der Waals surface area contributed by atoms with Gasteiger partial charge in [-0.1, -0.05) is 0 Å². The van der Waals surface area contributed by atoms with Gasteiger partial charge in [0.05, 0.1) is 24.1 Å². The zero-order valence-electron chi connectivity index (χ0n) is 15.9. The van der Waals surface area contributed by atoms with Crippen LogP contribution in [0, 0.1) is 12.3 Å². The number of ether oxygens (including phenoxy) is 1. The van der Waals surface area contributed by atoms with Crippen molar-refractivity contribution in [3.8, 4) is 0 Å². The second kappa shape index (κ2) is 7.70. The van der Waals surface area contributed by atoms with Crippen LogP contribution in [0.2, 0.25) is 0 Å². The molecule has 2 saturated heterocycles. The lowest BCUT2D eigenvalue weighted by atomic mass is 9.72. The molecule has 0 N–H and O–H groups in total. The van der Waals surface area contributed by atoms with E-state index in [-0.39, 0.29) is 17.2 Å². The summed E-state index contributed by atoms with van der Waals surface area (Å²) >= 11 is 0. The zero-order chi connectivity index (χ0) is 18.7. The Morgan fingerprint density at radius 3 is 2.62 bits per heavy atom. The molecule has 1 spiro atoms. The summed E-state index contributed by atoms with van der Waals surface area (Å²) in [7, 11) is 1.56. The third-order valence-corrected chi connectivity index (χ3v) is 5.77. The smallest absolute Gasteiger partial charge is 0.251 e. The van der Waals surface area contributed by atoms with Crippen molar-refractivity contribution < 1.29 is 14.3 Å². The minimum atomic E-state index is -0.395. The number of likely N-dealkylation sites (tertiary alicyclic amines) is 2. The van der Waals surface area contributed by atoms with Crippen molar-refractivity contribution in [3.05, 3.63) is 23.8 Å². The molecule has 3 heterocycles. The van der Waals surface area contributed by atoms with Gasteiger partial charge in [0, 0.05) is 39.4 Å². The molecule has 7 heteroatoms. The number of aryl methyl sites for hydroxylation is 1. The number of carbonyl (C=O) groups is 2. The normalized spacial score (nSPS) is 21.1. The van der Waals surface area contributed by atoms with E-state index < -0.39 is 6.10 Å². The average Bonchev–Trinajstić information content (AvgIpc) is 2.66. The van der Waals surface area contributed by atoms with Gasteiger partial charge in [-0.05, 0) is 38.5 Å². The summed E-state index contributed by atoms with van der Waals surface area (Å²) in [5, 5.41) is 0. The monoisotopic (exact) mass is 360 g/mol. The van der Waals surface area contributed by atoms with Gasteiger partial charge in [0.25, 0.3) is 5.91 Å². The third kappa shape index (κ3) is 4.03. The van der Waals surface area contributed by atoms with E-state index in [0.717, 1.165) is 50.3 Å². The lowest BCUT2D eigenvalue weighted by Gasteiger charge is -2.47. The molecule has 1 aromatic rings. The Bertz CT molecular complexity index is 653. The van der Waals surface area contributed by atoms with Crippen molar-refractivity contribution in [2.24, 2.45) is 5.41 Å². The Labute approximate surface area is 154 Å². The van der Waals surface area contributed by atoms with Gasteiger partial charge in [0.2, 0.25) is 5.91 Å². The standard InChI is InChI=1S/C19H28N4O3/c1-14-10-21-16(11-20-14)12-23-13-19(5-4-17(23)24)6-8-22(9-7-19)18(25)15(2)26-3/h10-11,15H,4-9,12-13H2,1-3H3/t15-/m1/s1. The van der Waals surface area contributed by atoms with Crippen LogP contribution in [-0.2, 0) is 20.9 Å². The summed E-state index contributed by atoms with van der Waals surface area (Å²) in [6.07, 6.45) is 6.43. The molecule has 0 bridgehead atoms. The Morgan fingerprint density at radius 2 is 2.00 bits per heavy atom. The summed E-state index contributed by atoms with van der Waals surface area (Å²) in [6, 6.07) is 0. The summed E-state index contributed by atoms with van der Waals surface area (Å²) in [5.41, 5.74) is 1.80. The molecule has 0 saturated carbocycles. The molecule has 2 aliphatic heterocycles. The average molecular weight is 360 g/mol. The maximum atomic E-state index is 12.4. The highest BCUT2D eigenvalue weighted by atomic mass is 16.5. The van der Waals surface area contributed by atoms with Crippen LogP contribution >= 0.6 is 0 Å². The largest absolute Gasteiger partial charge is 0.372 e. The van der Waals surface area contributed by atoms with Gasteiger partial charge in [0.15, 0.2) is 0 Å². The predicted molar refractivity (Wildman–Crippen MR) is 96.1 cm³/mol. The predicted octanol–water partition coefficient (Wildman–Crippen LogP) is 1.55. The van der Waals surface area contributed by atoms with Crippen molar-refractivity contribution >= 4 is 11.8 Å². The van der Waals surface area contributed by atoms with Crippen molar-refractivity contribution in [2.45, 2.75) is 52.2 Å². The lowest BCUT2D eigenvalue weighted by molar-refractivity contribution is -0.147. The highest BCUT2D eigenvalue weighted by molar-refractivity contribution is 5.80. The lowest BCUT2D eigenvalue weighted by Crippen LogP contribution is -2.53. The first-order valence-electron chi connectivity index (χ1n) is 9.29. The molecule has 142 valence electrons. The van der Waals surface area contributed by atoms with Crippen molar-refractivity contribution in [1.82, 2.24) is 19.8 Å². The number of carbonyl (C=O) groups excluding carboxylic acids is 2. The van der Waals surface area contributed by atoms with Gasteiger partial charge in [-0.3, -0.25) is 19.6 Å². The number of hydrogen-bond acceptors (Lipinski definition) is 5. The van der Waals surface area contributed by atoms with E-state index in [0.29, 0.717) is 13.0 Å². The van der Waals surface area contributed by atoms with Crippen LogP contribution < -0.4 is 0 Å². The van der Waals surface area contributed by atoms with E-state index in [1.165, 1.54) is 0 Å². The summed E-state index contributed by atoms with van der Waals surface area (Å²) in [6.45, 7) is 6.41. The van der Waals surface area contributed by atoms with Crippen molar-refractivity contribution in [2.75, 3.05) is 26.7 Å². The van der Waals surface area contributed by atoms with Crippen LogP contribution in [-0.4, -0.2) is 64.4 Å². The highest BCUT2D eigenvalue weighted by Gasteiger charge is 2.42. The fraction of sp³-hybridized carbons (Fsp3) is 0.684. The Hall–Kier alpha value is -2.02. The van der Waals surface area contributed by atoms with Gasteiger partial charge in [0.1, 0.15) is 6.10 Å². The SMILES string of the molecule is CO[C@H](C)C(=O)N1CCC2(CCC(=O)N(Cc3cnc(C)cn3)C2)CC1. The molecule has 7 nitrogen and oxygen atoms in total. The summed E-state index contributed by atoms with van der Waals surface area (Å²) < 4.78 is 5.15. The maximum absolute atomic E-state index is 12.4. The van der Waals surface area contributed by atoms with E-state index in [1.807, 2.05) is 16.7 Å². The molecule has 0 aliphatic carbocycles.